The molecule has 78 valence electrons. The molecule has 2 heterocycles. The van der Waals surface area contributed by atoms with Crippen LogP contribution in [-0.2, 0) is 0 Å². The van der Waals surface area contributed by atoms with E-state index in [-0.39, 0.29) is 0 Å². The topological polar surface area (TPSA) is 27.6 Å². The predicted molar refractivity (Wildman–Crippen MR) is 63.6 cm³/mol. The summed E-state index contributed by atoms with van der Waals surface area (Å²) in [5.74, 6) is 0. The van der Waals surface area contributed by atoms with Crippen LogP contribution in [0.3, 0.4) is 0 Å². The molecule has 0 bridgehead atoms. The first-order valence-electron chi connectivity index (χ1n) is 5.16. The molecule has 0 aliphatic carbocycles. The fourth-order valence-corrected chi connectivity index (χ4v) is 2.33. The van der Waals surface area contributed by atoms with Crippen LogP contribution in [0.4, 0.5) is 11.4 Å². The molecule has 3 rings (SSSR count). The zero-order valence-electron chi connectivity index (χ0n) is 8.28. The van der Waals surface area contributed by atoms with E-state index in [1.165, 1.54) is 0 Å². The van der Waals surface area contributed by atoms with Crippen molar-refractivity contribution in [2.45, 2.75) is 6.04 Å². The molecule has 3 nitrogen and oxygen atoms in total. The van der Waals surface area contributed by atoms with Crippen molar-refractivity contribution in [1.29, 1.82) is 0 Å². The first-order valence-corrected chi connectivity index (χ1v) is 5.53. The second-order valence-corrected chi connectivity index (χ2v) is 4.31. The summed E-state index contributed by atoms with van der Waals surface area (Å²) in [5, 5.41) is 4.14. The van der Waals surface area contributed by atoms with Gasteiger partial charge in [-0.25, -0.2) is 0 Å². The number of nitrogens with one attached hydrogen (secondary N) is 1. The van der Waals surface area contributed by atoms with E-state index in [1.54, 1.807) is 0 Å². The molecule has 0 spiro atoms. The Morgan fingerprint density at radius 1 is 1.47 bits per heavy atom. The number of piperazine rings is 1. The Bertz CT molecular complexity index is 416. The normalized spacial score (nSPS) is 23.5. The maximum Gasteiger partial charge on any atom is 0.0861 e. The van der Waals surface area contributed by atoms with Gasteiger partial charge in [-0.05, 0) is 18.2 Å². The van der Waals surface area contributed by atoms with E-state index in [2.05, 4.69) is 15.2 Å². The van der Waals surface area contributed by atoms with Gasteiger partial charge in [0.1, 0.15) is 0 Å². The van der Waals surface area contributed by atoms with Gasteiger partial charge in [-0.3, -0.25) is 4.99 Å². The first-order chi connectivity index (χ1) is 7.34. The summed E-state index contributed by atoms with van der Waals surface area (Å²) < 4.78 is 0. The summed E-state index contributed by atoms with van der Waals surface area (Å²) in [4.78, 5) is 6.82. The van der Waals surface area contributed by atoms with Crippen LogP contribution < -0.4 is 10.2 Å². The number of aliphatic imine (C=N–C) groups is 1. The maximum atomic E-state index is 6.01. The molecule has 15 heavy (non-hydrogen) atoms. The van der Waals surface area contributed by atoms with E-state index in [0.717, 1.165) is 36.0 Å². The highest BCUT2D eigenvalue weighted by atomic mass is 35.5. The van der Waals surface area contributed by atoms with Gasteiger partial charge in [0.05, 0.1) is 17.4 Å². The summed E-state index contributed by atoms with van der Waals surface area (Å²) in [6.45, 7) is 3.01. The molecule has 0 saturated carbocycles. The fraction of sp³-hybridized carbons (Fsp3) is 0.364. The molecule has 0 amide bonds. The van der Waals surface area contributed by atoms with Crippen LogP contribution in [-0.4, -0.2) is 31.9 Å². The highest BCUT2D eigenvalue weighted by Crippen LogP contribution is 2.35. The molecular weight excluding hydrogens is 210 g/mol. The van der Waals surface area contributed by atoms with Crippen molar-refractivity contribution in [3.8, 4) is 0 Å². The lowest BCUT2D eigenvalue weighted by Gasteiger charge is -2.38. The Morgan fingerprint density at radius 2 is 2.40 bits per heavy atom. The molecule has 1 saturated heterocycles. The van der Waals surface area contributed by atoms with Gasteiger partial charge in [-0.2, -0.15) is 0 Å². The number of benzene rings is 1. The van der Waals surface area contributed by atoms with E-state index >= 15 is 0 Å². The van der Waals surface area contributed by atoms with Crippen molar-refractivity contribution in [3.05, 3.63) is 23.2 Å². The molecule has 2 aliphatic rings. The molecular formula is C11H12ClN3. The predicted octanol–water partition coefficient (Wildman–Crippen LogP) is 1.83. The Morgan fingerprint density at radius 3 is 3.33 bits per heavy atom. The molecule has 1 aromatic carbocycles. The zero-order valence-corrected chi connectivity index (χ0v) is 9.04. The van der Waals surface area contributed by atoms with Gasteiger partial charge in [0, 0.05) is 30.9 Å². The number of hydrogen-bond donors (Lipinski definition) is 1. The van der Waals surface area contributed by atoms with Gasteiger partial charge in [-0.1, -0.05) is 11.6 Å². The minimum absolute atomic E-state index is 0.379. The molecule has 0 radical (unpaired) electrons. The Hall–Kier alpha value is -1.06. The van der Waals surface area contributed by atoms with E-state index in [4.69, 9.17) is 11.6 Å². The van der Waals surface area contributed by atoms with Gasteiger partial charge >= 0.3 is 0 Å². The van der Waals surface area contributed by atoms with Gasteiger partial charge in [0.15, 0.2) is 0 Å². The Balaban J connectivity index is 2.07. The number of anilines is 1. The highest BCUT2D eigenvalue weighted by molar-refractivity contribution is 6.31. The summed E-state index contributed by atoms with van der Waals surface area (Å²) >= 11 is 6.01. The van der Waals surface area contributed by atoms with Crippen molar-refractivity contribution < 1.29 is 0 Å². The van der Waals surface area contributed by atoms with Crippen molar-refractivity contribution in [3.63, 3.8) is 0 Å². The summed E-state index contributed by atoms with van der Waals surface area (Å²) in [7, 11) is 0. The number of halogens is 1. The average molecular weight is 222 g/mol. The summed E-state index contributed by atoms with van der Waals surface area (Å²) in [6.07, 6.45) is 2.02. The molecule has 0 aromatic heterocycles. The van der Waals surface area contributed by atoms with Crippen LogP contribution >= 0.6 is 11.6 Å². The van der Waals surface area contributed by atoms with Crippen LogP contribution in [0.2, 0.25) is 5.02 Å². The summed E-state index contributed by atoms with van der Waals surface area (Å²) in [6, 6.07) is 6.25. The Labute approximate surface area is 93.8 Å². The second-order valence-electron chi connectivity index (χ2n) is 3.88. The number of rotatable bonds is 0. The maximum absolute atomic E-state index is 6.01. The molecule has 1 N–H and O–H groups in total. The van der Waals surface area contributed by atoms with Crippen LogP contribution in [0.5, 0.6) is 0 Å². The lowest BCUT2D eigenvalue weighted by molar-refractivity contribution is 0.547. The van der Waals surface area contributed by atoms with Gasteiger partial charge in [-0.15, -0.1) is 0 Å². The molecule has 2 aliphatic heterocycles. The van der Waals surface area contributed by atoms with Crippen molar-refractivity contribution in [2.24, 2.45) is 4.99 Å². The van der Waals surface area contributed by atoms with Crippen molar-refractivity contribution in [2.75, 3.05) is 24.5 Å². The van der Waals surface area contributed by atoms with E-state index in [0.29, 0.717) is 6.04 Å². The van der Waals surface area contributed by atoms with Gasteiger partial charge in [0.2, 0.25) is 0 Å². The SMILES string of the molecule is Clc1ccc2c(c1)N1CCNC[C@@H]1C=N2. The van der Waals surface area contributed by atoms with E-state index in [9.17, 15) is 0 Å². The zero-order chi connectivity index (χ0) is 10.3. The highest BCUT2D eigenvalue weighted by Gasteiger charge is 2.25. The largest absolute Gasteiger partial charge is 0.359 e. The lowest BCUT2D eigenvalue weighted by Crippen LogP contribution is -2.53. The van der Waals surface area contributed by atoms with E-state index < -0.39 is 0 Å². The second kappa shape index (κ2) is 3.51. The van der Waals surface area contributed by atoms with Crippen LogP contribution in [0.15, 0.2) is 23.2 Å². The molecule has 1 fully saturated rings. The van der Waals surface area contributed by atoms with Crippen LogP contribution in [0.1, 0.15) is 0 Å². The van der Waals surface area contributed by atoms with E-state index in [1.807, 2.05) is 24.4 Å². The average Bonchev–Trinajstić information content (AvgIpc) is 2.29. The third-order valence-corrected chi connectivity index (χ3v) is 3.15. The van der Waals surface area contributed by atoms with Crippen molar-refractivity contribution >= 4 is 29.2 Å². The molecule has 0 unspecified atom stereocenters. The Kier molecular flexibility index (Phi) is 2.15. The summed E-state index contributed by atoms with van der Waals surface area (Å²) in [5.41, 5.74) is 2.19. The minimum atomic E-state index is 0.379. The van der Waals surface area contributed by atoms with Crippen LogP contribution in [0.25, 0.3) is 0 Å². The van der Waals surface area contributed by atoms with Crippen molar-refractivity contribution in [1.82, 2.24) is 5.32 Å². The minimum Gasteiger partial charge on any atom is -0.359 e. The quantitative estimate of drug-likeness (QED) is 0.724. The van der Waals surface area contributed by atoms with Gasteiger partial charge in [0.25, 0.3) is 0 Å². The number of fused-ring (bicyclic) bond motifs is 3. The number of nitrogens with zero attached hydrogens (tertiary/aromatic N) is 2. The monoisotopic (exact) mass is 221 g/mol. The third-order valence-electron chi connectivity index (χ3n) is 2.92. The fourth-order valence-electron chi connectivity index (χ4n) is 2.16. The standard InChI is InChI=1S/C11H12ClN3/c12-8-1-2-10-11(5-8)15-4-3-13-6-9(15)7-14-10/h1-2,5,7,9,13H,3-4,6H2/t9-/m1/s1. The van der Waals surface area contributed by atoms with Gasteiger partial charge < -0.3 is 10.2 Å². The smallest absolute Gasteiger partial charge is 0.0861 e. The first kappa shape index (κ1) is 9.19. The van der Waals surface area contributed by atoms with Crippen LogP contribution in [0, 0.1) is 0 Å². The molecule has 4 heteroatoms. The number of hydrogen-bond acceptors (Lipinski definition) is 3. The molecule has 1 aromatic rings. The lowest BCUT2D eigenvalue weighted by atomic mass is 10.1. The molecule has 1 atom stereocenters. The third kappa shape index (κ3) is 1.52.